The average Bonchev–Trinajstić information content (AvgIpc) is 2.61. The van der Waals surface area contributed by atoms with Crippen molar-refractivity contribution in [2.24, 2.45) is 0 Å². The minimum Gasteiger partial charge on any atom is -0.481 e. The second-order valence-corrected chi connectivity index (χ2v) is 6.17. The molecule has 13 nitrogen and oxygen atoms in total. The second kappa shape index (κ2) is 39.6. The summed E-state index contributed by atoms with van der Waals surface area (Å²) in [6, 6.07) is 0. The van der Waals surface area contributed by atoms with E-state index in [1.165, 1.54) is 27.7 Å². The molecular formula is C22H39O13Zr-. The third kappa shape index (κ3) is 122. The number of aliphatic carboxylic acids is 4. The maximum absolute atomic E-state index is 9.87. The van der Waals surface area contributed by atoms with E-state index in [-0.39, 0.29) is 75.0 Å². The maximum atomic E-state index is 9.87. The molecule has 0 radical (unpaired) electrons. The predicted octanol–water partition coefficient (Wildman–Crippen LogP) is 1.82. The Labute approximate surface area is 230 Å². The molecule has 0 aliphatic heterocycles. The Morgan fingerprint density at radius 1 is 0.528 bits per heavy atom. The monoisotopic (exact) mass is 601 g/mol. The van der Waals surface area contributed by atoms with E-state index >= 15 is 0 Å². The molecular weight excluding hydrogens is 563 g/mol. The molecule has 0 saturated heterocycles. The van der Waals surface area contributed by atoms with Crippen molar-refractivity contribution in [3.63, 3.8) is 0 Å². The predicted molar refractivity (Wildman–Crippen MR) is 125 cm³/mol. The van der Waals surface area contributed by atoms with Gasteiger partial charge in [-0.15, -0.1) is 0 Å². The van der Waals surface area contributed by atoms with Gasteiger partial charge in [-0.2, -0.15) is 6.92 Å². The largest absolute Gasteiger partial charge is 0.481 e. The maximum Gasteiger partial charge on any atom is 0.310 e. The molecule has 0 heterocycles. The average molecular weight is 603 g/mol. The Morgan fingerprint density at radius 3 is 0.694 bits per heavy atom. The zero-order valence-electron chi connectivity index (χ0n) is 21.7. The van der Waals surface area contributed by atoms with Crippen molar-refractivity contribution in [2.45, 2.75) is 80.1 Å². The van der Waals surface area contributed by atoms with Crippen LogP contribution in [0.25, 0.3) is 0 Å². The first-order valence-electron chi connectivity index (χ1n) is 10.1. The Bertz CT molecular complexity index is 490. The van der Waals surface area contributed by atoms with Crippen molar-refractivity contribution in [1.82, 2.24) is 0 Å². The summed E-state index contributed by atoms with van der Waals surface area (Å²) in [7, 11) is 0. The summed E-state index contributed by atoms with van der Waals surface area (Å²) in [4.78, 5) is 77.8. The number of rotatable bonds is 10. The van der Waals surface area contributed by atoms with Crippen LogP contribution in [0.5, 0.6) is 0 Å². The van der Waals surface area contributed by atoms with Gasteiger partial charge in [-0.05, 0) is 34.1 Å². The number of ketones is 4. The van der Waals surface area contributed by atoms with Gasteiger partial charge in [-0.25, -0.2) is 0 Å². The number of unbranched alkanes of at least 4 members (excludes halogenated alkanes) is 1. The van der Waals surface area contributed by atoms with Gasteiger partial charge in [-0.3, -0.25) is 38.4 Å². The molecule has 210 valence electrons. The molecule has 0 atom stereocenters. The zero-order valence-corrected chi connectivity index (χ0v) is 24.1. The van der Waals surface area contributed by atoms with Crippen LogP contribution in [0.4, 0.5) is 0 Å². The summed E-state index contributed by atoms with van der Waals surface area (Å²) in [5, 5.41) is 39.5. The summed E-state index contributed by atoms with van der Waals surface area (Å²) < 4.78 is 0. The smallest absolute Gasteiger partial charge is 0.310 e. The minimum atomic E-state index is -1.06. The number of carbonyl (C=O) groups excluding carboxylic acids is 4. The van der Waals surface area contributed by atoms with Crippen molar-refractivity contribution in [2.75, 3.05) is 6.61 Å². The molecule has 0 aromatic carbocycles. The fourth-order valence-corrected chi connectivity index (χ4v) is 1.01. The van der Waals surface area contributed by atoms with Gasteiger partial charge in [0, 0.05) is 32.8 Å². The van der Waals surface area contributed by atoms with Gasteiger partial charge in [-0.1, -0.05) is 13.3 Å². The van der Waals surface area contributed by atoms with Crippen LogP contribution in [-0.2, 0) is 64.6 Å². The normalized spacial score (nSPS) is 7.67. The fraction of sp³-hybridized carbons (Fsp3) is 0.591. The number of carbonyl (C=O) groups is 8. The molecule has 0 saturated carbocycles. The Kier molecular flexibility index (Phi) is 55.4. The molecule has 0 aliphatic rings. The fourth-order valence-electron chi connectivity index (χ4n) is 1.01. The van der Waals surface area contributed by atoms with E-state index in [0.717, 1.165) is 12.8 Å². The van der Waals surface area contributed by atoms with Gasteiger partial charge in [0.2, 0.25) is 0 Å². The van der Waals surface area contributed by atoms with Crippen LogP contribution >= 0.6 is 0 Å². The van der Waals surface area contributed by atoms with Gasteiger partial charge in [0.15, 0.2) is 0 Å². The number of carboxylic acids is 4. The molecule has 0 rings (SSSR count). The number of carboxylic acid groups (broad SMARTS) is 4. The van der Waals surface area contributed by atoms with Gasteiger partial charge >= 0.3 is 23.9 Å². The Balaban J connectivity index is -0.0000000572. The van der Waals surface area contributed by atoms with Crippen LogP contribution in [0.15, 0.2) is 0 Å². The molecule has 14 heteroatoms. The van der Waals surface area contributed by atoms with Crippen LogP contribution in [0.3, 0.4) is 0 Å². The Morgan fingerprint density at radius 2 is 0.694 bits per heavy atom. The molecule has 5 N–H and O–H groups in total. The van der Waals surface area contributed by atoms with Crippen LogP contribution in [0.1, 0.15) is 80.1 Å². The summed E-state index contributed by atoms with van der Waals surface area (Å²) in [5.41, 5.74) is 0. The van der Waals surface area contributed by atoms with Crippen molar-refractivity contribution >= 4 is 47.0 Å². The van der Waals surface area contributed by atoms with Gasteiger partial charge in [0.25, 0.3) is 0 Å². The molecule has 0 aliphatic carbocycles. The van der Waals surface area contributed by atoms with E-state index < -0.39 is 23.9 Å². The van der Waals surface area contributed by atoms with E-state index in [1.54, 1.807) is 6.92 Å². The number of hydrogen-bond acceptors (Lipinski definition) is 9. The van der Waals surface area contributed by atoms with E-state index in [0.29, 0.717) is 6.61 Å². The number of aliphatic hydroxyl groups is 1. The van der Waals surface area contributed by atoms with Crippen molar-refractivity contribution in [1.29, 1.82) is 0 Å². The molecule has 0 spiro atoms. The van der Waals surface area contributed by atoms with E-state index in [4.69, 9.17) is 25.5 Å². The minimum absolute atomic E-state index is 0. The molecule has 0 fully saturated rings. The number of hydrogen-bond donors (Lipinski definition) is 5. The Hall–Kier alpha value is -2.60. The third-order valence-corrected chi connectivity index (χ3v) is 2.11. The molecule has 0 aromatic rings. The zero-order chi connectivity index (χ0) is 29.6. The quantitative estimate of drug-likeness (QED) is 0.177. The first-order valence-corrected chi connectivity index (χ1v) is 10.1. The summed E-state index contributed by atoms with van der Waals surface area (Å²) in [6.07, 6.45) is 0.594. The second-order valence-electron chi connectivity index (χ2n) is 6.17. The van der Waals surface area contributed by atoms with Gasteiger partial charge in [0.1, 0.15) is 48.8 Å². The van der Waals surface area contributed by atoms with Crippen LogP contribution in [0, 0.1) is 6.92 Å². The van der Waals surface area contributed by atoms with Gasteiger partial charge < -0.3 is 32.5 Å². The number of Topliss-reactive ketones (excluding diaryl/α,β-unsaturated/α-hetero) is 4. The van der Waals surface area contributed by atoms with Crippen molar-refractivity contribution in [3.8, 4) is 0 Å². The van der Waals surface area contributed by atoms with Crippen molar-refractivity contribution < 1.29 is 90.1 Å². The third-order valence-electron chi connectivity index (χ3n) is 2.11. The van der Waals surface area contributed by atoms with Crippen LogP contribution in [0.2, 0.25) is 0 Å². The molecule has 0 amide bonds. The van der Waals surface area contributed by atoms with Crippen LogP contribution in [-0.4, -0.2) is 79.1 Å². The standard InChI is InChI=1S/4C4H6O3.C4H10O.C2H5.Zr/c4*1-3(5)2-4(6)7;1-2-3-4-5;1-2;/h4*2H2,1H3,(H,6,7);5H,2-4H2,1H3;1H2,2H3;/q;;;;;-1;. The van der Waals surface area contributed by atoms with Gasteiger partial charge in [0.05, 0.1) is 0 Å². The first-order chi connectivity index (χ1) is 15.9. The van der Waals surface area contributed by atoms with E-state index in [9.17, 15) is 38.4 Å². The summed E-state index contributed by atoms with van der Waals surface area (Å²) in [5.74, 6) is -5.50. The summed E-state index contributed by atoms with van der Waals surface area (Å²) >= 11 is 0. The van der Waals surface area contributed by atoms with Crippen LogP contribution < -0.4 is 0 Å². The van der Waals surface area contributed by atoms with Crippen molar-refractivity contribution in [3.05, 3.63) is 6.92 Å². The van der Waals surface area contributed by atoms with E-state index in [2.05, 4.69) is 13.8 Å². The first kappa shape index (κ1) is 50.3. The number of aliphatic hydroxyl groups excluding tert-OH is 1. The summed E-state index contributed by atoms with van der Waals surface area (Å²) in [6.45, 7) is 12.4. The molecule has 0 bridgehead atoms. The van der Waals surface area contributed by atoms with E-state index in [1.807, 2.05) is 0 Å². The SMILES string of the molecule is CC(=O)CC(=O)O.CC(=O)CC(=O)O.CC(=O)CC(=O)O.CC(=O)CC(=O)O.CCCCO.[CH2-]C.[Zr]. The molecule has 0 aromatic heterocycles. The molecule has 36 heavy (non-hydrogen) atoms. The molecule has 0 unspecified atom stereocenters. The topological polar surface area (TPSA) is 238 Å².